The number of carbonyl (C=O) groups excluding carboxylic acids is 1. The van der Waals surface area contributed by atoms with Crippen LogP contribution in [0.5, 0.6) is 0 Å². The van der Waals surface area contributed by atoms with Gasteiger partial charge in [-0.3, -0.25) is 4.79 Å². The highest BCUT2D eigenvalue weighted by Crippen LogP contribution is 2.29. The predicted octanol–water partition coefficient (Wildman–Crippen LogP) is 3.09. The van der Waals surface area contributed by atoms with Crippen LogP contribution >= 0.6 is 0 Å². The lowest BCUT2D eigenvalue weighted by atomic mass is 9.95. The zero-order chi connectivity index (χ0) is 17.1. The van der Waals surface area contributed by atoms with E-state index >= 15 is 0 Å². The molecule has 132 valence electrons. The van der Waals surface area contributed by atoms with Crippen LogP contribution < -0.4 is 5.73 Å². The number of nitrogens with zero attached hydrogens (tertiary/aromatic N) is 1. The van der Waals surface area contributed by atoms with Gasteiger partial charge in [-0.25, -0.2) is 4.39 Å². The van der Waals surface area contributed by atoms with Crippen molar-refractivity contribution in [3.05, 3.63) is 35.1 Å². The first-order chi connectivity index (χ1) is 11.6. The number of nitrogens with two attached hydrogens (primary N) is 1. The fraction of sp³-hybridized carbons (Fsp3) is 0.632. The number of hydrogen-bond donors (Lipinski definition) is 1. The maximum absolute atomic E-state index is 14.0. The molecular formula is C19H27FN2O2. The predicted molar refractivity (Wildman–Crippen MR) is 91.1 cm³/mol. The van der Waals surface area contributed by atoms with Crippen LogP contribution in [0.4, 0.5) is 4.39 Å². The van der Waals surface area contributed by atoms with Gasteiger partial charge in [0.25, 0.3) is 5.91 Å². The van der Waals surface area contributed by atoms with E-state index in [-0.39, 0.29) is 30.4 Å². The zero-order valence-electron chi connectivity index (χ0n) is 14.3. The van der Waals surface area contributed by atoms with E-state index in [0.29, 0.717) is 23.7 Å². The van der Waals surface area contributed by atoms with E-state index in [2.05, 4.69) is 0 Å². The highest BCUT2D eigenvalue weighted by atomic mass is 19.1. The lowest BCUT2D eigenvalue weighted by molar-refractivity contribution is 0.0583. The third-order valence-corrected chi connectivity index (χ3v) is 5.02. The van der Waals surface area contributed by atoms with Crippen molar-refractivity contribution in [2.24, 2.45) is 11.7 Å². The summed E-state index contributed by atoms with van der Waals surface area (Å²) in [4.78, 5) is 14.7. The maximum Gasteiger partial charge on any atom is 0.254 e. The molecule has 1 saturated carbocycles. The van der Waals surface area contributed by atoms with Gasteiger partial charge in [-0.2, -0.15) is 0 Å². The van der Waals surface area contributed by atoms with Gasteiger partial charge >= 0.3 is 0 Å². The second kappa shape index (κ2) is 7.62. The number of likely N-dealkylation sites (tertiary alicyclic amines) is 1. The van der Waals surface area contributed by atoms with Gasteiger partial charge in [-0.05, 0) is 63.1 Å². The summed E-state index contributed by atoms with van der Waals surface area (Å²) in [6, 6.07) is 4.57. The van der Waals surface area contributed by atoms with Crippen molar-refractivity contribution < 1.29 is 13.9 Å². The van der Waals surface area contributed by atoms with E-state index in [1.165, 1.54) is 18.9 Å². The molecule has 2 atom stereocenters. The molecule has 0 spiro atoms. The Morgan fingerprint density at radius 1 is 1.38 bits per heavy atom. The van der Waals surface area contributed by atoms with Crippen molar-refractivity contribution in [3.8, 4) is 0 Å². The summed E-state index contributed by atoms with van der Waals surface area (Å²) in [5.74, 6) is 0.267. The fourth-order valence-electron chi connectivity index (χ4n) is 3.36. The van der Waals surface area contributed by atoms with Crippen LogP contribution in [-0.2, 0) is 11.3 Å². The molecular weight excluding hydrogens is 307 g/mol. The highest BCUT2D eigenvalue weighted by Gasteiger charge is 2.30. The minimum atomic E-state index is -0.315. The molecule has 1 aromatic carbocycles. The summed E-state index contributed by atoms with van der Waals surface area (Å²) in [6.45, 7) is 3.56. The molecule has 2 N–H and O–H groups in total. The Morgan fingerprint density at radius 3 is 2.88 bits per heavy atom. The Hall–Kier alpha value is -1.46. The molecule has 2 aliphatic rings. The van der Waals surface area contributed by atoms with E-state index in [0.717, 1.165) is 25.8 Å². The quantitative estimate of drug-likeness (QED) is 0.870. The lowest BCUT2D eigenvalue weighted by Gasteiger charge is -2.38. The number of carbonyl (C=O) groups is 1. The second-order valence-electron chi connectivity index (χ2n) is 7.19. The Bertz CT molecular complexity index is 587. The topological polar surface area (TPSA) is 55.6 Å². The molecule has 1 aromatic rings. The molecule has 0 unspecified atom stereocenters. The number of hydrogen-bond acceptors (Lipinski definition) is 3. The van der Waals surface area contributed by atoms with Gasteiger partial charge in [0.15, 0.2) is 0 Å². The number of amides is 1. The van der Waals surface area contributed by atoms with Crippen LogP contribution in [0.25, 0.3) is 0 Å². The van der Waals surface area contributed by atoms with Crippen LogP contribution in [0.15, 0.2) is 18.2 Å². The number of halogens is 1. The first-order valence-electron chi connectivity index (χ1n) is 8.99. The molecule has 1 saturated heterocycles. The molecule has 1 aliphatic carbocycles. The van der Waals surface area contributed by atoms with E-state index in [9.17, 15) is 9.18 Å². The highest BCUT2D eigenvalue weighted by molar-refractivity contribution is 5.94. The molecule has 0 aromatic heterocycles. The van der Waals surface area contributed by atoms with Crippen molar-refractivity contribution in [3.63, 3.8) is 0 Å². The molecule has 0 bridgehead atoms. The number of rotatable bonds is 6. The average molecular weight is 334 g/mol. The van der Waals surface area contributed by atoms with E-state index < -0.39 is 0 Å². The summed E-state index contributed by atoms with van der Waals surface area (Å²) in [6.07, 6.45) is 5.43. The molecule has 2 fully saturated rings. The first-order valence-corrected chi connectivity index (χ1v) is 8.99. The van der Waals surface area contributed by atoms with E-state index in [1.54, 1.807) is 12.1 Å². The Kier molecular flexibility index (Phi) is 5.51. The Morgan fingerprint density at radius 2 is 2.17 bits per heavy atom. The van der Waals surface area contributed by atoms with Gasteiger partial charge in [-0.1, -0.05) is 0 Å². The number of ether oxygens (including phenoxy) is 1. The minimum Gasteiger partial charge on any atom is -0.376 e. The third-order valence-electron chi connectivity index (χ3n) is 5.02. The Balaban J connectivity index is 1.70. The number of piperidine rings is 1. The van der Waals surface area contributed by atoms with Gasteiger partial charge in [0, 0.05) is 36.4 Å². The molecule has 0 radical (unpaired) electrons. The van der Waals surface area contributed by atoms with Crippen LogP contribution in [0.2, 0.25) is 0 Å². The summed E-state index contributed by atoms with van der Waals surface area (Å²) in [7, 11) is 0. The van der Waals surface area contributed by atoms with Gasteiger partial charge < -0.3 is 15.4 Å². The zero-order valence-corrected chi connectivity index (χ0v) is 14.3. The van der Waals surface area contributed by atoms with Crippen molar-refractivity contribution in [1.29, 1.82) is 0 Å². The van der Waals surface area contributed by atoms with Crippen molar-refractivity contribution in [2.45, 2.75) is 57.7 Å². The normalized spacial score (nSPS) is 22.5. The van der Waals surface area contributed by atoms with Crippen molar-refractivity contribution in [1.82, 2.24) is 4.90 Å². The van der Waals surface area contributed by atoms with Crippen LogP contribution in [0.1, 0.15) is 54.9 Å². The maximum atomic E-state index is 14.0. The smallest absolute Gasteiger partial charge is 0.254 e. The van der Waals surface area contributed by atoms with E-state index in [1.807, 2.05) is 11.8 Å². The second-order valence-corrected chi connectivity index (χ2v) is 7.19. The van der Waals surface area contributed by atoms with Gasteiger partial charge in [0.2, 0.25) is 0 Å². The van der Waals surface area contributed by atoms with Crippen molar-refractivity contribution in [2.75, 3.05) is 13.2 Å². The van der Waals surface area contributed by atoms with Gasteiger partial charge in [0.05, 0.1) is 6.61 Å². The SMILES string of the molecule is C[C@@H](N)[C@@H]1CCCCN1C(=O)c1ccc(F)c(COCC2CC2)c1. The summed E-state index contributed by atoms with van der Waals surface area (Å²) in [5.41, 5.74) is 7.03. The molecule has 24 heavy (non-hydrogen) atoms. The van der Waals surface area contributed by atoms with Crippen LogP contribution in [0.3, 0.4) is 0 Å². The van der Waals surface area contributed by atoms with Gasteiger partial charge in [-0.15, -0.1) is 0 Å². The number of benzene rings is 1. The lowest BCUT2D eigenvalue weighted by Crippen LogP contribution is -2.51. The largest absolute Gasteiger partial charge is 0.376 e. The molecule has 5 heteroatoms. The third kappa shape index (κ3) is 4.14. The summed E-state index contributed by atoms with van der Waals surface area (Å²) in [5, 5.41) is 0. The summed E-state index contributed by atoms with van der Waals surface area (Å²) < 4.78 is 19.6. The molecule has 1 amide bonds. The Labute approximate surface area is 143 Å². The minimum absolute atomic E-state index is 0.0551. The standard InChI is InChI=1S/C19H27FN2O2/c1-13(21)18-4-2-3-9-22(18)19(23)15-7-8-17(20)16(10-15)12-24-11-14-5-6-14/h7-8,10,13-14,18H,2-6,9,11-12,21H2,1H3/t13-,18+/m1/s1. The average Bonchev–Trinajstić information content (AvgIpc) is 3.40. The van der Waals surface area contributed by atoms with Crippen molar-refractivity contribution >= 4 is 5.91 Å². The van der Waals surface area contributed by atoms with Crippen LogP contribution in [0, 0.1) is 11.7 Å². The first kappa shape index (κ1) is 17.4. The van der Waals surface area contributed by atoms with Gasteiger partial charge in [0.1, 0.15) is 5.82 Å². The molecule has 1 aliphatic heterocycles. The molecule has 1 heterocycles. The molecule has 4 nitrogen and oxygen atoms in total. The summed E-state index contributed by atoms with van der Waals surface area (Å²) >= 11 is 0. The van der Waals surface area contributed by atoms with Crippen LogP contribution in [-0.4, -0.2) is 36.0 Å². The van der Waals surface area contributed by atoms with E-state index in [4.69, 9.17) is 10.5 Å². The monoisotopic (exact) mass is 334 g/mol. The fourth-order valence-corrected chi connectivity index (χ4v) is 3.36. The molecule has 3 rings (SSSR count).